The summed E-state index contributed by atoms with van der Waals surface area (Å²) in [5.74, 6) is 1.99. The SMILES string of the molecule is COC(=O)N[C@H](C(=O)N1CCC[C@H]1c1ncc(-c2ccc(-c3ccc(-c4ccc5nc([C@@H]6CCCN6C(=O)[C@@H](NC(=O)OC)C(C)C)[nH]c5c4)c4c3CC3CCC43)c3cnoc23)[nH]1)C(C)C. The van der Waals surface area contributed by atoms with E-state index in [1.54, 1.807) is 12.4 Å². The molecule has 66 heavy (non-hydrogen) atoms. The van der Waals surface area contributed by atoms with Gasteiger partial charge in [0.05, 0.1) is 60.8 Å². The van der Waals surface area contributed by atoms with Gasteiger partial charge < -0.3 is 44.4 Å². The number of amides is 4. The number of hydrogen-bond donors (Lipinski definition) is 4. The normalized spacial score (nSPS) is 21.0. The van der Waals surface area contributed by atoms with Gasteiger partial charge in [0.1, 0.15) is 23.7 Å². The minimum absolute atomic E-state index is 0.115. The Morgan fingerprint density at radius 3 is 2.02 bits per heavy atom. The first-order valence-electron chi connectivity index (χ1n) is 23.3. The van der Waals surface area contributed by atoms with Gasteiger partial charge in [0, 0.05) is 18.7 Å². The Balaban J connectivity index is 0.934. The Labute approximate surface area is 382 Å². The number of alkyl carbamates (subject to hydrolysis) is 2. The third-order valence-electron chi connectivity index (χ3n) is 14.6. The van der Waals surface area contributed by atoms with Crippen molar-refractivity contribution in [2.24, 2.45) is 17.8 Å². The molecule has 4 amide bonds. The lowest BCUT2D eigenvalue weighted by atomic mass is 9.73. The van der Waals surface area contributed by atoms with Gasteiger partial charge in [0.15, 0.2) is 5.58 Å². The van der Waals surface area contributed by atoms with Crippen LogP contribution in [0, 0.1) is 17.8 Å². The molecule has 3 aromatic carbocycles. The number of methoxy groups -OCH3 is 2. The summed E-state index contributed by atoms with van der Waals surface area (Å²) in [7, 11) is 2.59. The van der Waals surface area contributed by atoms with Crippen LogP contribution in [0.25, 0.3) is 55.5 Å². The molecule has 1 saturated carbocycles. The molecule has 2 saturated heterocycles. The maximum atomic E-state index is 13.8. The van der Waals surface area contributed by atoms with Crippen molar-refractivity contribution in [3.05, 3.63) is 77.6 Å². The summed E-state index contributed by atoms with van der Waals surface area (Å²) in [6.07, 6.45) is 8.91. The van der Waals surface area contributed by atoms with Gasteiger partial charge in [-0.3, -0.25) is 9.59 Å². The fraction of sp³-hybridized carbons (Fsp3) is 0.460. The lowest BCUT2D eigenvalue weighted by Gasteiger charge is -2.31. The van der Waals surface area contributed by atoms with Crippen LogP contribution in [0.5, 0.6) is 0 Å². The number of likely N-dealkylation sites (tertiary alicyclic amines) is 2. The highest BCUT2D eigenvalue weighted by atomic mass is 16.5. The molecule has 6 aromatic rings. The molecule has 2 aliphatic carbocycles. The van der Waals surface area contributed by atoms with Crippen LogP contribution >= 0.6 is 0 Å². The molecule has 0 spiro atoms. The van der Waals surface area contributed by atoms with Crippen molar-refractivity contribution in [1.29, 1.82) is 0 Å². The summed E-state index contributed by atoms with van der Waals surface area (Å²) >= 11 is 0. The van der Waals surface area contributed by atoms with Crippen LogP contribution in [0.1, 0.15) is 107 Å². The number of nitrogens with zero attached hydrogens (tertiary/aromatic N) is 5. The van der Waals surface area contributed by atoms with E-state index in [4.69, 9.17) is 24.0 Å². The Morgan fingerprint density at radius 2 is 1.38 bits per heavy atom. The van der Waals surface area contributed by atoms with E-state index in [1.807, 2.05) is 37.5 Å². The summed E-state index contributed by atoms with van der Waals surface area (Å²) in [5, 5.41) is 10.7. The number of ether oxygens (including phenoxy) is 2. The Bertz CT molecular complexity index is 2860. The predicted octanol–water partition coefficient (Wildman–Crippen LogP) is 8.57. The zero-order valence-electron chi connectivity index (χ0n) is 38.3. The number of fused-ring (bicyclic) bond motifs is 5. The average Bonchev–Trinajstić information content (AvgIpc) is 4.17. The number of rotatable bonds is 11. The van der Waals surface area contributed by atoms with Crippen molar-refractivity contribution >= 4 is 46.0 Å². The van der Waals surface area contributed by atoms with E-state index in [9.17, 15) is 19.2 Å². The maximum Gasteiger partial charge on any atom is 0.407 e. The smallest absolute Gasteiger partial charge is 0.407 e. The van der Waals surface area contributed by atoms with Crippen LogP contribution in [0.15, 0.2) is 59.4 Å². The second-order valence-corrected chi connectivity index (χ2v) is 19.1. The summed E-state index contributed by atoms with van der Waals surface area (Å²) < 4.78 is 15.6. The second-order valence-electron chi connectivity index (χ2n) is 19.1. The van der Waals surface area contributed by atoms with Gasteiger partial charge in [0.2, 0.25) is 11.8 Å². The van der Waals surface area contributed by atoms with Crippen LogP contribution in [0.2, 0.25) is 0 Å². The molecular weight excluding hydrogens is 839 g/mol. The van der Waals surface area contributed by atoms with Crippen LogP contribution in [0.4, 0.5) is 9.59 Å². The fourth-order valence-corrected chi connectivity index (χ4v) is 11.1. The van der Waals surface area contributed by atoms with Gasteiger partial charge in [-0.25, -0.2) is 19.6 Å². The van der Waals surface area contributed by atoms with Crippen molar-refractivity contribution in [1.82, 2.24) is 45.5 Å². The molecule has 6 atom stereocenters. The van der Waals surface area contributed by atoms with Gasteiger partial charge in [-0.1, -0.05) is 57.1 Å². The maximum absolute atomic E-state index is 13.8. The molecule has 2 aliphatic heterocycles. The van der Waals surface area contributed by atoms with Gasteiger partial charge in [-0.2, -0.15) is 0 Å². The molecule has 4 aliphatic rings. The van der Waals surface area contributed by atoms with Crippen LogP contribution < -0.4 is 10.6 Å². The zero-order chi connectivity index (χ0) is 46.0. The summed E-state index contributed by atoms with van der Waals surface area (Å²) in [5.41, 5.74) is 11.4. The van der Waals surface area contributed by atoms with Crippen molar-refractivity contribution in [2.45, 2.75) is 103 Å². The number of benzene rings is 3. The molecule has 0 radical (unpaired) electrons. The minimum Gasteiger partial charge on any atom is -0.453 e. The monoisotopic (exact) mass is 895 g/mol. The van der Waals surface area contributed by atoms with Crippen molar-refractivity contribution in [3.8, 4) is 33.5 Å². The van der Waals surface area contributed by atoms with E-state index in [0.717, 1.165) is 83.2 Å². The molecular formula is C50H57N9O7. The lowest BCUT2D eigenvalue weighted by Crippen LogP contribution is -2.51. The Hall–Kier alpha value is -6.71. The average molecular weight is 896 g/mol. The standard InChI is InChI=1S/C50H57N9O7/c1-25(2)42(56-49(62)64-5)47(60)58-19-7-9-39(58)45-51-24-38(55-45)33-17-16-32(35-23-52-66-44(33)35)31-15-14-30(41-29-13-11-27(29)21-34(31)41)28-12-18-36-37(22-28)54-46(53-36)40-10-8-20-59(40)48(61)43(26(3)4)57-50(63)65-6/h12,14-18,22-27,29,39-40,42-43H,7-11,13,19-21H2,1-6H3,(H,51,55)(H,53,54)(H,56,62)(H,57,63)/t27?,29?,39-,40-,42-,43-/m0/s1. The Morgan fingerprint density at radius 1 is 0.742 bits per heavy atom. The molecule has 3 aromatic heterocycles. The second kappa shape index (κ2) is 17.3. The highest BCUT2D eigenvalue weighted by Gasteiger charge is 2.43. The zero-order valence-corrected chi connectivity index (χ0v) is 38.3. The third kappa shape index (κ3) is 7.43. The first-order valence-corrected chi connectivity index (χ1v) is 23.3. The van der Waals surface area contributed by atoms with E-state index in [-0.39, 0.29) is 35.7 Å². The number of carbonyl (C=O) groups excluding carboxylic acids is 4. The molecule has 16 heteroatoms. The van der Waals surface area contributed by atoms with E-state index < -0.39 is 24.3 Å². The van der Waals surface area contributed by atoms with Crippen molar-refractivity contribution in [3.63, 3.8) is 0 Å². The number of imidazole rings is 2. The topological polar surface area (TPSA) is 201 Å². The summed E-state index contributed by atoms with van der Waals surface area (Å²) in [6.45, 7) is 8.80. The van der Waals surface area contributed by atoms with Gasteiger partial charge >= 0.3 is 12.2 Å². The van der Waals surface area contributed by atoms with E-state index in [1.165, 1.54) is 42.9 Å². The van der Waals surface area contributed by atoms with Crippen LogP contribution in [0.3, 0.4) is 0 Å². The molecule has 10 rings (SSSR count). The van der Waals surface area contributed by atoms with Crippen molar-refractivity contribution in [2.75, 3.05) is 27.3 Å². The molecule has 0 bridgehead atoms. The van der Waals surface area contributed by atoms with E-state index in [2.05, 4.69) is 68.2 Å². The summed E-state index contributed by atoms with van der Waals surface area (Å²) in [4.78, 5) is 72.4. The van der Waals surface area contributed by atoms with Crippen LogP contribution in [-0.4, -0.2) is 98.3 Å². The number of carbonyl (C=O) groups is 4. The lowest BCUT2D eigenvalue weighted by molar-refractivity contribution is -0.136. The highest BCUT2D eigenvalue weighted by Crippen LogP contribution is 2.56. The Kier molecular flexibility index (Phi) is 11.3. The highest BCUT2D eigenvalue weighted by molar-refractivity contribution is 6.02. The molecule has 5 heterocycles. The first-order chi connectivity index (χ1) is 31.9. The number of H-pyrrole nitrogens is 2. The molecule has 2 unspecified atom stereocenters. The van der Waals surface area contributed by atoms with Crippen LogP contribution in [-0.2, 0) is 25.5 Å². The first kappa shape index (κ1) is 43.2. The van der Waals surface area contributed by atoms with Crippen molar-refractivity contribution < 1.29 is 33.2 Å². The number of aromatic nitrogens is 5. The molecule has 4 N–H and O–H groups in total. The number of hydrogen-bond acceptors (Lipinski definition) is 10. The van der Waals surface area contributed by atoms with E-state index >= 15 is 0 Å². The predicted molar refractivity (Wildman–Crippen MR) is 247 cm³/mol. The number of aromatic amines is 2. The summed E-state index contributed by atoms with van der Waals surface area (Å²) in [6, 6.07) is 13.3. The molecule has 3 fully saturated rings. The van der Waals surface area contributed by atoms with Gasteiger partial charge in [-0.05, 0) is 120 Å². The van der Waals surface area contributed by atoms with E-state index in [0.29, 0.717) is 36.3 Å². The molecule has 16 nitrogen and oxygen atoms in total. The number of nitrogens with one attached hydrogen (secondary N) is 4. The minimum atomic E-state index is -0.718. The van der Waals surface area contributed by atoms with Gasteiger partial charge in [0.25, 0.3) is 0 Å². The quantitative estimate of drug-likeness (QED) is 0.0977. The largest absolute Gasteiger partial charge is 0.453 e. The third-order valence-corrected chi connectivity index (χ3v) is 14.6. The fourth-order valence-electron chi connectivity index (χ4n) is 11.1. The van der Waals surface area contributed by atoms with Gasteiger partial charge in [-0.15, -0.1) is 0 Å². The molecule has 344 valence electrons.